The van der Waals surface area contributed by atoms with Crippen LogP contribution in [0.2, 0.25) is 0 Å². The van der Waals surface area contributed by atoms with Gasteiger partial charge in [-0.1, -0.05) is 19.8 Å². The van der Waals surface area contributed by atoms with Crippen LogP contribution in [0.5, 0.6) is 0 Å². The summed E-state index contributed by atoms with van der Waals surface area (Å²) in [7, 11) is 0. The number of hydrogen-bond acceptors (Lipinski definition) is 3. The maximum atomic E-state index is 12.3. The van der Waals surface area contributed by atoms with Crippen molar-refractivity contribution < 1.29 is 19.1 Å². The highest BCUT2D eigenvalue weighted by molar-refractivity contribution is 5.96. The number of furan rings is 1. The Bertz CT molecular complexity index is 470. The van der Waals surface area contributed by atoms with Crippen LogP contribution in [0, 0.1) is 0 Å². The van der Waals surface area contributed by atoms with Crippen LogP contribution in [-0.4, -0.2) is 35.0 Å². The maximum absolute atomic E-state index is 12.3. The summed E-state index contributed by atoms with van der Waals surface area (Å²) < 4.78 is 5.41. The lowest BCUT2D eigenvalue weighted by Crippen LogP contribution is -2.31. The second kappa shape index (κ2) is 5.91. The van der Waals surface area contributed by atoms with Crippen LogP contribution in [0.3, 0.4) is 0 Å². The first kappa shape index (κ1) is 13.6. The molecule has 1 N–H and O–H groups in total. The van der Waals surface area contributed by atoms with E-state index in [0.29, 0.717) is 12.2 Å². The topological polar surface area (TPSA) is 70.8 Å². The fourth-order valence-electron chi connectivity index (χ4n) is 2.41. The second-order valence-electron chi connectivity index (χ2n) is 4.81. The number of aromatic carboxylic acids is 1. The number of amides is 1. The molecular formula is C14H19NO4. The van der Waals surface area contributed by atoms with Crippen LogP contribution < -0.4 is 0 Å². The van der Waals surface area contributed by atoms with Crippen molar-refractivity contribution in [1.82, 2.24) is 4.90 Å². The number of carboxylic acid groups (broad SMARTS) is 1. The van der Waals surface area contributed by atoms with Gasteiger partial charge in [-0.2, -0.15) is 0 Å². The van der Waals surface area contributed by atoms with E-state index >= 15 is 0 Å². The van der Waals surface area contributed by atoms with Gasteiger partial charge in [-0.3, -0.25) is 4.79 Å². The Labute approximate surface area is 112 Å². The Balaban J connectivity index is 2.20. The lowest BCUT2D eigenvalue weighted by atomic mass is 10.2. The minimum absolute atomic E-state index is 0.0978. The molecule has 1 fully saturated rings. The number of nitrogens with zero attached hydrogens (tertiary/aromatic N) is 1. The molecule has 1 aliphatic heterocycles. The molecule has 0 spiro atoms. The van der Waals surface area contributed by atoms with E-state index in [0.717, 1.165) is 38.8 Å². The first-order valence-electron chi connectivity index (χ1n) is 6.78. The summed E-state index contributed by atoms with van der Waals surface area (Å²) in [5.41, 5.74) is 0.0978. The van der Waals surface area contributed by atoms with Gasteiger partial charge in [0.05, 0.1) is 0 Å². The summed E-state index contributed by atoms with van der Waals surface area (Å²) in [6, 6.07) is 1.36. The highest BCUT2D eigenvalue weighted by Gasteiger charge is 2.24. The first-order valence-corrected chi connectivity index (χ1v) is 6.78. The second-order valence-corrected chi connectivity index (χ2v) is 4.81. The molecule has 0 aromatic carbocycles. The highest BCUT2D eigenvalue weighted by atomic mass is 16.4. The molecule has 0 bridgehead atoms. The van der Waals surface area contributed by atoms with Gasteiger partial charge in [-0.15, -0.1) is 0 Å². The van der Waals surface area contributed by atoms with E-state index in [1.54, 1.807) is 4.90 Å². The van der Waals surface area contributed by atoms with Crippen molar-refractivity contribution in [3.05, 3.63) is 23.2 Å². The van der Waals surface area contributed by atoms with Crippen molar-refractivity contribution in [3.8, 4) is 0 Å². The van der Waals surface area contributed by atoms with Gasteiger partial charge < -0.3 is 14.4 Å². The van der Waals surface area contributed by atoms with Crippen molar-refractivity contribution in [2.24, 2.45) is 0 Å². The number of likely N-dealkylation sites (tertiary alicyclic amines) is 1. The third kappa shape index (κ3) is 2.97. The molecular weight excluding hydrogens is 246 g/mol. The van der Waals surface area contributed by atoms with Crippen LogP contribution >= 0.6 is 0 Å². The number of carboxylic acids is 1. The van der Waals surface area contributed by atoms with Gasteiger partial charge in [-0.05, 0) is 12.8 Å². The van der Waals surface area contributed by atoms with Crippen LogP contribution in [0.25, 0.3) is 0 Å². The predicted octanol–water partition coefficient (Wildman–Crippen LogP) is 2.56. The zero-order valence-electron chi connectivity index (χ0n) is 11.1. The van der Waals surface area contributed by atoms with Crippen molar-refractivity contribution >= 4 is 11.9 Å². The summed E-state index contributed by atoms with van der Waals surface area (Å²) in [4.78, 5) is 25.1. The Kier molecular flexibility index (Phi) is 4.24. The van der Waals surface area contributed by atoms with Crippen LogP contribution in [0.4, 0.5) is 0 Å². The molecule has 0 radical (unpaired) electrons. The smallest absolute Gasteiger partial charge is 0.339 e. The molecule has 104 valence electrons. The third-order valence-corrected chi connectivity index (χ3v) is 3.46. The lowest BCUT2D eigenvalue weighted by molar-refractivity contribution is 0.0691. The Hall–Kier alpha value is -1.78. The van der Waals surface area contributed by atoms with E-state index in [1.807, 2.05) is 6.92 Å². The van der Waals surface area contributed by atoms with Gasteiger partial charge in [-0.25, -0.2) is 4.79 Å². The summed E-state index contributed by atoms with van der Waals surface area (Å²) in [6.07, 6.45) is 4.75. The predicted molar refractivity (Wildman–Crippen MR) is 69.4 cm³/mol. The minimum Gasteiger partial charge on any atom is -0.478 e. The molecule has 0 atom stereocenters. The molecule has 1 aliphatic rings. The molecule has 0 aliphatic carbocycles. The standard InChI is InChI=1S/C14H19NO4/c1-2-11-10(14(17)18)9-12(19-11)13(16)15-7-5-3-4-6-8-15/h9H,2-8H2,1H3,(H,17,18). The van der Waals surface area contributed by atoms with Crippen LogP contribution in [-0.2, 0) is 6.42 Å². The molecule has 2 heterocycles. The van der Waals surface area contributed by atoms with Crippen LogP contribution in [0.1, 0.15) is 59.3 Å². The fraction of sp³-hybridized carbons (Fsp3) is 0.571. The van der Waals surface area contributed by atoms with E-state index in [4.69, 9.17) is 9.52 Å². The van der Waals surface area contributed by atoms with Gasteiger partial charge in [0.1, 0.15) is 11.3 Å². The largest absolute Gasteiger partial charge is 0.478 e. The number of rotatable bonds is 3. The monoisotopic (exact) mass is 265 g/mol. The van der Waals surface area contributed by atoms with E-state index in [9.17, 15) is 9.59 Å². The highest BCUT2D eigenvalue weighted by Crippen LogP contribution is 2.20. The molecule has 0 saturated carbocycles. The number of aryl methyl sites for hydroxylation is 1. The third-order valence-electron chi connectivity index (χ3n) is 3.46. The summed E-state index contributed by atoms with van der Waals surface area (Å²) in [5.74, 6) is -0.721. The van der Waals surface area contributed by atoms with Gasteiger partial charge in [0.25, 0.3) is 5.91 Å². The molecule has 1 saturated heterocycles. The van der Waals surface area contributed by atoms with Crippen molar-refractivity contribution in [3.63, 3.8) is 0 Å². The molecule has 1 amide bonds. The van der Waals surface area contributed by atoms with E-state index in [2.05, 4.69) is 0 Å². The van der Waals surface area contributed by atoms with Gasteiger partial charge >= 0.3 is 5.97 Å². The number of carbonyl (C=O) groups excluding carboxylic acids is 1. The lowest BCUT2D eigenvalue weighted by Gasteiger charge is -2.18. The zero-order valence-corrected chi connectivity index (χ0v) is 11.1. The maximum Gasteiger partial charge on any atom is 0.339 e. The Morgan fingerprint density at radius 1 is 1.26 bits per heavy atom. The number of hydrogen-bond donors (Lipinski definition) is 1. The molecule has 5 nitrogen and oxygen atoms in total. The molecule has 1 aromatic rings. The van der Waals surface area contributed by atoms with Gasteiger partial charge in [0.2, 0.25) is 0 Å². The molecule has 2 rings (SSSR count). The molecule has 1 aromatic heterocycles. The zero-order chi connectivity index (χ0) is 13.8. The van der Waals surface area contributed by atoms with E-state index in [-0.39, 0.29) is 17.2 Å². The van der Waals surface area contributed by atoms with E-state index in [1.165, 1.54) is 6.07 Å². The average molecular weight is 265 g/mol. The van der Waals surface area contributed by atoms with Crippen molar-refractivity contribution in [2.45, 2.75) is 39.0 Å². The van der Waals surface area contributed by atoms with Crippen molar-refractivity contribution in [1.29, 1.82) is 0 Å². The average Bonchev–Trinajstić information content (AvgIpc) is 2.65. The molecule has 5 heteroatoms. The summed E-state index contributed by atoms with van der Waals surface area (Å²) >= 11 is 0. The minimum atomic E-state index is -1.05. The molecule has 19 heavy (non-hydrogen) atoms. The van der Waals surface area contributed by atoms with Gasteiger partial charge in [0, 0.05) is 25.6 Å². The first-order chi connectivity index (χ1) is 9.13. The summed E-state index contributed by atoms with van der Waals surface area (Å²) in [6.45, 7) is 3.26. The molecule has 0 unspecified atom stereocenters. The van der Waals surface area contributed by atoms with E-state index < -0.39 is 5.97 Å². The Morgan fingerprint density at radius 2 is 1.89 bits per heavy atom. The number of carbonyl (C=O) groups is 2. The SMILES string of the molecule is CCc1oc(C(=O)N2CCCCCC2)cc1C(=O)O. The van der Waals surface area contributed by atoms with Crippen molar-refractivity contribution in [2.75, 3.05) is 13.1 Å². The van der Waals surface area contributed by atoms with Crippen LogP contribution in [0.15, 0.2) is 10.5 Å². The quantitative estimate of drug-likeness (QED) is 0.911. The van der Waals surface area contributed by atoms with Gasteiger partial charge in [0.15, 0.2) is 5.76 Å². The summed E-state index contributed by atoms with van der Waals surface area (Å²) in [5, 5.41) is 9.06. The normalized spacial score (nSPS) is 16.2. The fourth-order valence-corrected chi connectivity index (χ4v) is 2.41. The Morgan fingerprint density at radius 3 is 2.37 bits per heavy atom.